The summed E-state index contributed by atoms with van der Waals surface area (Å²) < 4.78 is 0. The largest absolute Gasteiger partial charge is 0.351 e. The highest BCUT2D eigenvalue weighted by molar-refractivity contribution is 6.31. The van der Waals surface area contributed by atoms with Gasteiger partial charge in [-0.3, -0.25) is 4.79 Å². The average molecular weight is 381 g/mol. The number of carbonyl (C=O) groups excluding carboxylic acids is 1. The van der Waals surface area contributed by atoms with E-state index in [0.717, 1.165) is 24.5 Å². The standard InChI is InChI=1S/C21H21ClN4O/c1-3-26(14-16-7-5-4-6-8-16)20-13-23-19(12-24-20)21(27)25-17-10-9-15(2)18(22)11-17/h4-13H,3,14H2,1-2H3,(H,25,27). The lowest BCUT2D eigenvalue weighted by Crippen LogP contribution is -2.24. The first kappa shape index (κ1) is 18.9. The van der Waals surface area contributed by atoms with Gasteiger partial charge in [-0.2, -0.15) is 0 Å². The van der Waals surface area contributed by atoms with E-state index in [1.807, 2.05) is 31.2 Å². The molecule has 1 heterocycles. The molecule has 1 amide bonds. The van der Waals surface area contributed by atoms with Crippen LogP contribution in [-0.4, -0.2) is 22.4 Å². The van der Waals surface area contributed by atoms with E-state index in [-0.39, 0.29) is 11.6 Å². The molecule has 0 unspecified atom stereocenters. The van der Waals surface area contributed by atoms with Crippen molar-refractivity contribution in [3.8, 4) is 0 Å². The minimum Gasteiger partial charge on any atom is -0.351 e. The maximum absolute atomic E-state index is 12.4. The van der Waals surface area contributed by atoms with Gasteiger partial charge in [0.2, 0.25) is 0 Å². The van der Waals surface area contributed by atoms with Crippen molar-refractivity contribution in [2.75, 3.05) is 16.8 Å². The number of hydrogen-bond donors (Lipinski definition) is 1. The van der Waals surface area contributed by atoms with Gasteiger partial charge in [0.05, 0.1) is 12.4 Å². The fraction of sp³-hybridized carbons (Fsp3) is 0.190. The van der Waals surface area contributed by atoms with Gasteiger partial charge in [-0.25, -0.2) is 9.97 Å². The number of aromatic nitrogens is 2. The first-order valence-corrected chi connectivity index (χ1v) is 9.13. The predicted molar refractivity (Wildman–Crippen MR) is 109 cm³/mol. The molecule has 1 N–H and O–H groups in total. The fourth-order valence-corrected chi connectivity index (χ4v) is 2.81. The second kappa shape index (κ2) is 8.64. The van der Waals surface area contributed by atoms with Gasteiger partial charge < -0.3 is 10.2 Å². The maximum Gasteiger partial charge on any atom is 0.275 e. The molecule has 0 bridgehead atoms. The molecule has 6 heteroatoms. The summed E-state index contributed by atoms with van der Waals surface area (Å²) in [5.41, 5.74) is 3.03. The molecule has 0 aliphatic heterocycles. The minimum absolute atomic E-state index is 0.256. The lowest BCUT2D eigenvalue weighted by molar-refractivity contribution is 0.102. The third kappa shape index (κ3) is 4.83. The van der Waals surface area contributed by atoms with E-state index in [1.54, 1.807) is 18.3 Å². The molecular formula is C21H21ClN4O. The maximum atomic E-state index is 12.4. The van der Waals surface area contributed by atoms with Crippen LogP contribution in [-0.2, 0) is 6.54 Å². The fourth-order valence-electron chi connectivity index (χ4n) is 2.63. The van der Waals surface area contributed by atoms with Crippen molar-refractivity contribution < 1.29 is 4.79 Å². The number of hydrogen-bond acceptors (Lipinski definition) is 4. The van der Waals surface area contributed by atoms with Crippen molar-refractivity contribution in [3.05, 3.63) is 82.8 Å². The highest BCUT2D eigenvalue weighted by atomic mass is 35.5. The average Bonchev–Trinajstić information content (AvgIpc) is 2.70. The molecule has 2 aromatic carbocycles. The summed E-state index contributed by atoms with van der Waals surface area (Å²) in [5, 5.41) is 3.39. The molecule has 3 aromatic rings. The van der Waals surface area contributed by atoms with Crippen LogP contribution in [0.1, 0.15) is 28.5 Å². The second-order valence-corrected chi connectivity index (χ2v) is 6.58. The van der Waals surface area contributed by atoms with Crippen LogP contribution < -0.4 is 10.2 Å². The summed E-state index contributed by atoms with van der Waals surface area (Å²) in [7, 11) is 0. The van der Waals surface area contributed by atoms with Crippen molar-refractivity contribution in [1.82, 2.24) is 9.97 Å². The van der Waals surface area contributed by atoms with E-state index in [0.29, 0.717) is 10.7 Å². The zero-order valence-electron chi connectivity index (χ0n) is 15.3. The molecule has 0 spiro atoms. The summed E-state index contributed by atoms with van der Waals surface area (Å²) in [6.45, 7) is 5.50. The molecule has 0 fully saturated rings. The number of rotatable bonds is 6. The number of carbonyl (C=O) groups is 1. The summed E-state index contributed by atoms with van der Waals surface area (Å²) in [6.07, 6.45) is 3.12. The number of benzene rings is 2. The van der Waals surface area contributed by atoms with Gasteiger partial charge in [0, 0.05) is 23.8 Å². The lowest BCUT2D eigenvalue weighted by Gasteiger charge is -2.21. The van der Waals surface area contributed by atoms with Gasteiger partial charge in [-0.1, -0.05) is 48.0 Å². The SMILES string of the molecule is CCN(Cc1ccccc1)c1cnc(C(=O)Nc2ccc(C)c(Cl)c2)cn1. The van der Waals surface area contributed by atoms with E-state index < -0.39 is 0 Å². The van der Waals surface area contributed by atoms with Crippen molar-refractivity contribution in [1.29, 1.82) is 0 Å². The number of anilines is 2. The highest BCUT2D eigenvalue weighted by Gasteiger charge is 2.12. The van der Waals surface area contributed by atoms with Gasteiger partial charge in [-0.15, -0.1) is 0 Å². The van der Waals surface area contributed by atoms with E-state index in [2.05, 4.69) is 39.2 Å². The summed E-state index contributed by atoms with van der Waals surface area (Å²) in [6, 6.07) is 15.5. The Morgan fingerprint density at radius 1 is 1.11 bits per heavy atom. The monoisotopic (exact) mass is 380 g/mol. The van der Waals surface area contributed by atoms with Gasteiger partial charge in [0.1, 0.15) is 11.5 Å². The number of amides is 1. The molecule has 3 rings (SSSR count). The van der Waals surface area contributed by atoms with Crippen LogP contribution in [0, 0.1) is 6.92 Å². The summed E-state index contributed by atoms with van der Waals surface area (Å²) in [5.74, 6) is 0.413. The molecule has 0 aliphatic carbocycles. The van der Waals surface area contributed by atoms with E-state index >= 15 is 0 Å². The lowest BCUT2D eigenvalue weighted by atomic mass is 10.2. The Hall–Kier alpha value is -2.92. The molecule has 138 valence electrons. The molecule has 5 nitrogen and oxygen atoms in total. The number of nitrogens with zero attached hydrogens (tertiary/aromatic N) is 3. The third-order valence-electron chi connectivity index (χ3n) is 4.22. The van der Waals surface area contributed by atoms with Gasteiger partial charge in [-0.05, 0) is 37.1 Å². The Morgan fingerprint density at radius 3 is 2.52 bits per heavy atom. The zero-order chi connectivity index (χ0) is 19.2. The zero-order valence-corrected chi connectivity index (χ0v) is 16.1. The first-order valence-electron chi connectivity index (χ1n) is 8.75. The van der Waals surface area contributed by atoms with Crippen molar-refractivity contribution >= 4 is 29.0 Å². The van der Waals surface area contributed by atoms with Crippen molar-refractivity contribution in [2.45, 2.75) is 20.4 Å². The van der Waals surface area contributed by atoms with Crippen LogP contribution in [0.15, 0.2) is 60.9 Å². The van der Waals surface area contributed by atoms with Crippen LogP contribution in [0.25, 0.3) is 0 Å². The Kier molecular flexibility index (Phi) is 6.04. The van der Waals surface area contributed by atoms with Crippen molar-refractivity contribution in [3.63, 3.8) is 0 Å². The molecular weight excluding hydrogens is 360 g/mol. The van der Waals surface area contributed by atoms with E-state index in [9.17, 15) is 4.79 Å². The molecule has 0 saturated carbocycles. The Bertz CT molecular complexity index is 913. The van der Waals surface area contributed by atoms with Crippen LogP contribution >= 0.6 is 11.6 Å². The molecule has 0 saturated heterocycles. The number of nitrogens with one attached hydrogen (secondary N) is 1. The van der Waals surface area contributed by atoms with Gasteiger partial charge in [0.15, 0.2) is 0 Å². The molecule has 0 atom stereocenters. The predicted octanol–water partition coefficient (Wildman–Crippen LogP) is 4.72. The van der Waals surface area contributed by atoms with Crippen LogP contribution in [0.4, 0.5) is 11.5 Å². The molecule has 0 aliphatic rings. The second-order valence-electron chi connectivity index (χ2n) is 6.18. The Balaban J connectivity index is 1.69. The van der Waals surface area contributed by atoms with Crippen LogP contribution in [0.5, 0.6) is 0 Å². The smallest absolute Gasteiger partial charge is 0.275 e. The highest BCUT2D eigenvalue weighted by Crippen LogP contribution is 2.20. The Morgan fingerprint density at radius 2 is 1.89 bits per heavy atom. The van der Waals surface area contributed by atoms with E-state index in [4.69, 9.17) is 11.6 Å². The first-order chi connectivity index (χ1) is 13.1. The Labute approximate surface area is 164 Å². The number of aryl methyl sites for hydroxylation is 1. The van der Waals surface area contributed by atoms with Crippen molar-refractivity contribution in [2.24, 2.45) is 0 Å². The normalized spacial score (nSPS) is 10.5. The minimum atomic E-state index is -0.319. The van der Waals surface area contributed by atoms with Crippen LogP contribution in [0.2, 0.25) is 5.02 Å². The summed E-state index contributed by atoms with van der Waals surface area (Å²) in [4.78, 5) is 23.2. The van der Waals surface area contributed by atoms with Gasteiger partial charge >= 0.3 is 0 Å². The topological polar surface area (TPSA) is 58.1 Å². The van der Waals surface area contributed by atoms with E-state index in [1.165, 1.54) is 11.8 Å². The third-order valence-corrected chi connectivity index (χ3v) is 4.63. The number of halogens is 1. The molecule has 27 heavy (non-hydrogen) atoms. The quantitative estimate of drug-likeness (QED) is 0.672. The summed E-state index contributed by atoms with van der Waals surface area (Å²) >= 11 is 6.10. The van der Waals surface area contributed by atoms with Gasteiger partial charge in [0.25, 0.3) is 5.91 Å². The molecule has 0 radical (unpaired) electrons. The van der Waals surface area contributed by atoms with Crippen LogP contribution in [0.3, 0.4) is 0 Å². The molecule has 1 aromatic heterocycles.